The Morgan fingerprint density at radius 3 is 1.32 bits per heavy atom. The van der Waals surface area contributed by atoms with Crippen molar-refractivity contribution < 1.29 is 9.47 Å². The van der Waals surface area contributed by atoms with Crippen LogP contribution in [0.25, 0.3) is 22.5 Å². The van der Waals surface area contributed by atoms with Crippen molar-refractivity contribution in [3.05, 3.63) is 79.7 Å². The van der Waals surface area contributed by atoms with Gasteiger partial charge in [-0.25, -0.2) is 9.97 Å². The van der Waals surface area contributed by atoms with Gasteiger partial charge in [0.05, 0.1) is 35.0 Å². The second kappa shape index (κ2) is 7.23. The van der Waals surface area contributed by atoms with Crippen LogP contribution in [-0.4, -0.2) is 23.2 Å². The minimum Gasteiger partial charge on any atom is -0.494 e. The van der Waals surface area contributed by atoms with E-state index in [2.05, 4.69) is 9.97 Å². The van der Waals surface area contributed by atoms with E-state index in [1.54, 1.807) is 48.5 Å². The molecular formula is C22H18N2O4. The highest BCUT2D eigenvalue weighted by molar-refractivity contribution is 5.67. The highest BCUT2D eigenvalue weighted by Crippen LogP contribution is 2.25. The molecule has 0 aliphatic carbocycles. The summed E-state index contributed by atoms with van der Waals surface area (Å²) in [6.07, 6.45) is 0. The number of hydrogen-bond acceptors (Lipinski definition) is 6. The first-order valence-electron chi connectivity index (χ1n) is 9.10. The van der Waals surface area contributed by atoms with Gasteiger partial charge >= 0.3 is 0 Å². The highest BCUT2D eigenvalue weighted by atomic mass is 16.5. The second-order valence-corrected chi connectivity index (χ2v) is 6.20. The van der Waals surface area contributed by atoms with Crippen LogP contribution in [0.5, 0.6) is 11.5 Å². The lowest BCUT2D eigenvalue weighted by atomic mass is 10.1. The summed E-state index contributed by atoms with van der Waals surface area (Å²) in [7, 11) is 0. The summed E-state index contributed by atoms with van der Waals surface area (Å²) in [6.45, 7) is 4.93. The standard InChI is InChI=1S/C22H18N2O4/c1-3-27-15-9-5-13(6-10-15)19-17-18(22(26)23-19)20(24-21(17)25)14-7-11-16(12-8-14)28-4-2/h5-12H,3-4H2,1-2H3. The van der Waals surface area contributed by atoms with E-state index in [1.165, 1.54) is 0 Å². The smallest absolute Gasteiger partial charge is 0.280 e. The molecule has 0 radical (unpaired) electrons. The molecule has 2 heterocycles. The van der Waals surface area contributed by atoms with Gasteiger partial charge in [-0.2, -0.15) is 0 Å². The van der Waals surface area contributed by atoms with Gasteiger partial charge in [0.15, 0.2) is 0 Å². The Morgan fingerprint density at radius 2 is 1.00 bits per heavy atom. The van der Waals surface area contributed by atoms with Crippen LogP contribution in [0.4, 0.5) is 0 Å². The van der Waals surface area contributed by atoms with Crippen LogP contribution in [0.15, 0.2) is 58.1 Å². The first kappa shape index (κ1) is 17.9. The Labute approximate surface area is 160 Å². The molecule has 0 aromatic heterocycles. The fourth-order valence-electron chi connectivity index (χ4n) is 3.25. The molecule has 4 rings (SSSR count). The van der Waals surface area contributed by atoms with Gasteiger partial charge < -0.3 is 9.47 Å². The first-order valence-corrected chi connectivity index (χ1v) is 9.10. The lowest BCUT2D eigenvalue weighted by Gasteiger charge is -2.03. The van der Waals surface area contributed by atoms with E-state index in [0.717, 1.165) is 11.5 Å². The zero-order valence-electron chi connectivity index (χ0n) is 15.6. The lowest BCUT2D eigenvalue weighted by molar-refractivity contribution is 0.340. The molecule has 28 heavy (non-hydrogen) atoms. The van der Waals surface area contributed by atoms with Gasteiger partial charge in [-0.15, -0.1) is 0 Å². The van der Waals surface area contributed by atoms with Gasteiger partial charge in [0.25, 0.3) is 11.1 Å². The number of benzene rings is 2. The van der Waals surface area contributed by atoms with E-state index >= 15 is 0 Å². The summed E-state index contributed by atoms with van der Waals surface area (Å²) in [4.78, 5) is 33.4. The normalized spacial score (nSPS) is 11.1. The fourth-order valence-corrected chi connectivity index (χ4v) is 3.25. The van der Waals surface area contributed by atoms with E-state index in [9.17, 15) is 9.59 Å². The molecule has 0 atom stereocenters. The maximum atomic E-state index is 12.6. The SMILES string of the molecule is CCOc1ccc(-c2nc(=O)c3c(-c4ccc(OCC)cc4)nc(=O)c2=3)cc1. The van der Waals surface area contributed by atoms with Crippen LogP contribution in [0.2, 0.25) is 0 Å². The van der Waals surface area contributed by atoms with Crippen molar-refractivity contribution in [2.75, 3.05) is 13.2 Å². The Bertz CT molecular complexity index is 1150. The molecule has 2 aliphatic heterocycles. The third kappa shape index (κ3) is 3.03. The lowest BCUT2D eigenvalue weighted by Crippen LogP contribution is -2.04. The van der Waals surface area contributed by atoms with E-state index in [1.807, 2.05) is 13.8 Å². The summed E-state index contributed by atoms with van der Waals surface area (Å²) < 4.78 is 10.9. The molecular weight excluding hydrogens is 356 g/mol. The summed E-state index contributed by atoms with van der Waals surface area (Å²) >= 11 is 0. The van der Waals surface area contributed by atoms with Gasteiger partial charge in [0.2, 0.25) is 0 Å². The summed E-state index contributed by atoms with van der Waals surface area (Å²) in [5.74, 6) is 1.43. The van der Waals surface area contributed by atoms with E-state index in [-0.39, 0.29) is 10.4 Å². The van der Waals surface area contributed by atoms with Gasteiger partial charge in [-0.3, -0.25) is 9.59 Å². The quantitative estimate of drug-likeness (QED) is 0.516. The molecule has 0 saturated carbocycles. The largest absolute Gasteiger partial charge is 0.494 e. The zero-order valence-corrected chi connectivity index (χ0v) is 15.6. The number of hydrogen-bond donors (Lipinski definition) is 0. The Kier molecular flexibility index (Phi) is 4.61. The number of rotatable bonds is 6. The summed E-state index contributed by atoms with van der Waals surface area (Å²) in [5, 5.41) is 0.524. The average molecular weight is 374 g/mol. The van der Waals surface area contributed by atoms with Crippen LogP contribution < -0.4 is 20.6 Å². The summed E-state index contributed by atoms with van der Waals surface area (Å²) in [5.41, 5.74) is 1.18. The molecule has 6 nitrogen and oxygen atoms in total. The number of nitrogens with zero attached hydrogens (tertiary/aromatic N) is 2. The third-order valence-electron chi connectivity index (χ3n) is 4.46. The molecule has 0 fully saturated rings. The van der Waals surface area contributed by atoms with Crippen molar-refractivity contribution in [3.63, 3.8) is 0 Å². The molecule has 0 bridgehead atoms. The molecule has 0 saturated heterocycles. The van der Waals surface area contributed by atoms with Crippen LogP contribution in [0.3, 0.4) is 0 Å². The monoisotopic (exact) mass is 374 g/mol. The van der Waals surface area contributed by atoms with Crippen molar-refractivity contribution in [1.82, 2.24) is 9.97 Å². The number of ether oxygens (including phenoxy) is 2. The van der Waals surface area contributed by atoms with Crippen molar-refractivity contribution >= 4 is 0 Å². The Balaban J connectivity index is 1.85. The van der Waals surface area contributed by atoms with Gasteiger partial charge in [0.1, 0.15) is 11.5 Å². The molecule has 2 aliphatic rings. The van der Waals surface area contributed by atoms with Gasteiger partial charge in [0, 0.05) is 11.1 Å². The Morgan fingerprint density at radius 1 is 0.643 bits per heavy atom. The van der Waals surface area contributed by atoms with Crippen LogP contribution >= 0.6 is 0 Å². The molecule has 0 unspecified atom stereocenters. The molecule has 6 heteroatoms. The summed E-state index contributed by atoms with van der Waals surface area (Å²) in [6, 6.07) is 14.3. The first-order chi connectivity index (χ1) is 13.6. The molecule has 140 valence electrons. The van der Waals surface area contributed by atoms with Crippen LogP contribution in [0, 0.1) is 10.4 Å². The molecule has 0 amide bonds. The predicted molar refractivity (Wildman–Crippen MR) is 105 cm³/mol. The Hall–Kier alpha value is -3.54. The zero-order chi connectivity index (χ0) is 19.7. The topological polar surface area (TPSA) is 78.4 Å². The minimum absolute atomic E-state index is 0.262. The van der Waals surface area contributed by atoms with Gasteiger partial charge in [-0.1, -0.05) is 0 Å². The molecule has 0 N–H and O–H groups in total. The second-order valence-electron chi connectivity index (χ2n) is 6.20. The van der Waals surface area contributed by atoms with Crippen molar-refractivity contribution in [1.29, 1.82) is 0 Å². The highest BCUT2D eigenvalue weighted by Gasteiger charge is 2.19. The average Bonchev–Trinajstić information content (AvgIpc) is 3.22. The number of aromatic nitrogens is 2. The molecule has 2 aromatic rings. The predicted octanol–water partition coefficient (Wildman–Crippen LogP) is 2.93. The molecule has 0 spiro atoms. The van der Waals surface area contributed by atoms with E-state index < -0.39 is 11.1 Å². The van der Waals surface area contributed by atoms with Crippen LogP contribution in [0.1, 0.15) is 13.8 Å². The van der Waals surface area contributed by atoms with Gasteiger partial charge in [-0.05, 0) is 62.4 Å². The van der Waals surface area contributed by atoms with Crippen molar-refractivity contribution in [3.8, 4) is 34.0 Å². The van der Waals surface area contributed by atoms with Crippen molar-refractivity contribution in [2.45, 2.75) is 13.8 Å². The third-order valence-corrected chi connectivity index (χ3v) is 4.46. The maximum Gasteiger partial charge on any atom is 0.280 e. The van der Waals surface area contributed by atoms with E-state index in [0.29, 0.717) is 35.7 Å². The van der Waals surface area contributed by atoms with Crippen LogP contribution in [-0.2, 0) is 0 Å². The van der Waals surface area contributed by atoms with Crippen molar-refractivity contribution in [2.24, 2.45) is 0 Å². The molecule has 2 aromatic carbocycles. The fraction of sp³-hybridized carbons (Fsp3) is 0.182. The maximum absolute atomic E-state index is 12.6. The van der Waals surface area contributed by atoms with E-state index in [4.69, 9.17) is 9.47 Å². The minimum atomic E-state index is -0.447.